The summed E-state index contributed by atoms with van der Waals surface area (Å²) < 4.78 is 17.1. The molecule has 138 valence electrons. The largest absolute Gasteiger partial charge is 0.493 e. The first-order chi connectivity index (χ1) is 12.7. The van der Waals surface area contributed by atoms with Gasteiger partial charge in [-0.25, -0.2) is 0 Å². The number of hydrogen-bond donors (Lipinski definition) is 0. The lowest BCUT2D eigenvalue weighted by molar-refractivity contribution is -0.141. The predicted octanol–water partition coefficient (Wildman–Crippen LogP) is 3.63. The van der Waals surface area contributed by atoms with Gasteiger partial charge in [0.2, 0.25) is 0 Å². The summed E-state index contributed by atoms with van der Waals surface area (Å²) in [5.41, 5.74) is 2.07. The second-order valence-electron chi connectivity index (χ2n) is 6.69. The minimum absolute atomic E-state index is 0.0651. The Hall–Kier alpha value is -2.05. The molecule has 1 fully saturated rings. The third-order valence-corrected chi connectivity index (χ3v) is 5.91. The van der Waals surface area contributed by atoms with Gasteiger partial charge in [0, 0.05) is 28.5 Å². The number of aryl methyl sites for hydroxylation is 1. The van der Waals surface area contributed by atoms with E-state index >= 15 is 0 Å². The molecule has 6 heteroatoms. The van der Waals surface area contributed by atoms with Crippen molar-refractivity contribution in [1.82, 2.24) is 4.90 Å². The monoisotopic (exact) mass is 373 g/mol. The van der Waals surface area contributed by atoms with Crippen LogP contribution in [0.15, 0.2) is 24.3 Å². The molecule has 2 aromatic rings. The number of carbonyl (C=O) groups excluding carboxylic acids is 1. The molecule has 0 N–H and O–H groups in total. The zero-order valence-electron chi connectivity index (χ0n) is 15.1. The molecule has 0 radical (unpaired) electrons. The number of thiophene rings is 1. The lowest BCUT2D eigenvalue weighted by Gasteiger charge is -2.23. The molecule has 1 atom stereocenters. The number of nitrogens with zero attached hydrogens (tertiary/aromatic N) is 1. The van der Waals surface area contributed by atoms with Gasteiger partial charge < -0.3 is 19.1 Å². The Morgan fingerprint density at radius 2 is 2.19 bits per heavy atom. The van der Waals surface area contributed by atoms with Gasteiger partial charge >= 0.3 is 0 Å². The molecular weight excluding hydrogens is 350 g/mol. The molecular formula is C20H23NO4S. The van der Waals surface area contributed by atoms with Crippen molar-refractivity contribution in [1.29, 1.82) is 0 Å². The van der Waals surface area contributed by atoms with E-state index in [4.69, 9.17) is 14.2 Å². The van der Waals surface area contributed by atoms with Crippen molar-refractivity contribution in [2.75, 3.05) is 26.9 Å². The minimum atomic E-state index is -0.304. The summed E-state index contributed by atoms with van der Waals surface area (Å²) in [6.45, 7) is 4.30. The summed E-state index contributed by atoms with van der Waals surface area (Å²) in [6.07, 6.45) is 1.45. The fourth-order valence-electron chi connectivity index (χ4n) is 3.53. The molecule has 0 bridgehead atoms. The maximum atomic E-state index is 12.8. The summed E-state index contributed by atoms with van der Waals surface area (Å²) in [5.74, 6) is 1.53. The predicted molar refractivity (Wildman–Crippen MR) is 101 cm³/mol. The van der Waals surface area contributed by atoms with Crippen molar-refractivity contribution in [3.05, 3.63) is 34.7 Å². The molecule has 5 nitrogen and oxygen atoms in total. The van der Waals surface area contributed by atoms with Gasteiger partial charge in [-0.05, 0) is 49.6 Å². The number of hydrogen-bond acceptors (Lipinski definition) is 5. The highest BCUT2D eigenvalue weighted by Crippen LogP contribution is 2.40. The van der Waals surface area contributed by atoms with E-state index in [1.807, 2.05) is 11.0 Å². The molecule has 1 aromatic carbocycles. The SMILES string of the molecule is COc1cc(-c2ccc(C)s2)cc2c1OCCN(C(=O)[C@H]1CCCO1)C2. The maximum Gasteiger partial charge on any atom is 0.252 e. The van der Waals surface area contributed by atoms with Gasteiger partial charge in [0.05, 0.1) is 13.7 Å². The summed E-state index contributed by atoms with van der Waals surface area (Å²) >= 11 is 1.75. The van der Waals surface area contributed by atoms with Gasteiger partial charge in [-0.15, -0.1) is 11.3 Å². The topological polar surface area (TPSA) is 48.0 Å². The Labute approximate surface area is 157 Å². The molecule has 0 aliphatic carbocycles. The van der Waals surface area contributed by atoms with Crippen molar-refractivity contribution in [3.63, 3.8) is 0 Å². The molecule has 3 heterocycles. The first-order valence-electron chi connectivity index (χ1n) is 8.96. The second-order valence-corrected chi connectivity index (χ2v) is 7.97. The number of rotatable bonds is 3. The Balaban J connectivity index is 1.67. The lowest BCUT2D eigenvalue weighted by Crippen LogP contribution is -2.39. The van der Waals surface area contributed by atoms with Gasteiger partial charge in [0.1, 0.15) is 12.7 Å². The van der Waals surface area contributed by atoms with Crippen LogP contribution >= 0.6 is 11.3 Å². The van der Waals surface area contributed by atoms with Crippen LogP contribution in [-0.4, -0.2) is 43.8 Å². The lowest BCUT2D eigenvalue weighted by atomic mass is 10.1. The van der Waals surface area contributed by atoms with Gasteiger partial charge in [-0.3, -0.25) is 4.79 Å². The van der Waals surface area contributed by atoms with Crippen molar-refractivity contribution in [3.8, 4) is 21.9 Å². The Morgan fingerprint density at radius 1 is 1.31 bits per heavy atom. The Bertz CT molecular complexity index is 810. The molecule has 0 unspecified atom stereocenters. The van der Waals surface area contributed by atoms with Crippen LogP contribution in [0.5, 0.6) is 11.5 Å². The fourth-order valence-corrected chi connectivity index (χ4v) is 4.39. The van der Waals surface area contributed by atoms with Crippen LogP contribution < -0.4 is 9.47 Å². The van der Waals surface area contributed by atoms with E-state index in [0.29, 0.717) is 26.3 Å². The zero-order chi connectivity index (χ0) is 18.1. The van der Waals surface area contributed by atoms with Crippen LogP contribution in [0, 0.1) is 6.92 Å². The highest BCUT2D eigenvalue weighted by molar-refractivity contribution is 7.15. The van der Waals surface area contributed by atoms with E-state index in [0.717, 1.165) is 35.5 Å². The van der Waals surface area contributed by atoms with E-state index in [2.05, 4.69) is 25.1 Å². The van der Waals surface area contributed by atoms with Gasteiger partial charge in [-0.2, -0.15) is 0 Å². The number of ether oxygens (including phenoxy) is 3. The Kier molecular flexibility index (Phi) is 4.87. The summed E-state index contributed by atoms with van der Waals surface area (Å²) in [6, 6.07) is 8.36. The van der Waals surface area contributed by atoms with Crippen molar-refractivity contribution in [2.24, 2.45) is 0 Å². The first-order valence-corrected chi connectivity index (χ1v) is 9.78. The molecule has 0 spiro atoms. The van der Waals surface area contributed by atoms with Crippen LogP contribution in [0.3, 0.4) is 0 Å². The summed E-state index contributed by atoms with van der Waals surface area (Å²) in [7, 11) is 1.66. The van der Waals surface area contributed by atoms with E-state index in [1.165, 1.54) is 9.75 Å². The highest BCUT2D eigenvalue weighted by Gasteiger charge is 2.30. The molecule has 1 amide bonds. The first kappa shape index (κ1) is 17.4. The minimum Gasteiger partial charge on any atom is -0.493 e. The normalized spacial score (nSPS) is 19.6. The van der Waals surface area contributed by atoms with Crippen molar-refractivity contribution >= 4 is 17.2 Å². The standard InChI is InChI=1S/C20H23NO4S/c1-13-5-6-18(26-13)14-10-15-12-21(20(22)16-4-3-8-24-16)7-9-25-19(15)17(11-14)23-2/h5-6,10-11,16H,3-4,7-9,12H2,1-2H3/t16-/m1/s1. The quantitative estimate of drug-likeness (QED) is 0.824. The second kappa shape index (κ2) is 7.29. The van der Waals surface area contributed by atoms with Crippen LogP contribution in [0.25, 0.3) is 10.4 Å². The molecule has 2 aliphatic heterocycles. The van der Waals surface area contributed by atoms with Gasteiger partial charge in [-0.1, -0.05) is 0 Å². The fraction of sp³-hybridized carbons (Fsp3) is 0.450. The van der Waals surface area contributed by atoms with Crippen LogP contribution in [0.1, 0.15) is 23.3 Å². The van der Waals surface area contributed by atoms with E-state index < -0.39 is 0 Å². The average molecular weight is 373 g/mol. The molecule has 26 heavy (non-hydrogen) atoms. The molecule has 1 aromatic heterocycles. The number of methoxy groups -OCH3 is 1. The zero-order valence-corrected chi connectivity index (χ0v) is 15.9. The van der Waals surface area contributed by atoms with Crippen LogP contribution in [0.2, 0.25) is 0 Å². The van der Waals surface area contributed by atoms with E-state index in [-0.39, 0.29) is 12.0 Å². The van der Waals surface area contributed by atoms with Gasteiger partial charge in [0.25, 0.3) is 5.91 Å². The van der Waals surface area contributed by atoms with Crippen LogP contribution in [-0.2, 0) is 16.1 Å². The maximum absolute atomic E-state index is 12.8. The molecule has 2 aliphatic rings. The number of fused-ring (bicyclic) bond motifs is 1. The summed E-state index contributed by atoms with van der Waals surface area (Å²) in [4.78, 5) is 17.1. The number of carbonyl (C=O) groups is 1. The highest BCUT2D eigenvalue weighted by atomic mass is 32.1. The van der Waals surface area contributed by atoms with E-state index in [9.17, 15) is 4.79 Å². The third-order valence-electron chi connectivity index (χ3n) is 4.86. The van der Waals surface area contributed by atoms with Gasteiger partial charge in [0.15, 0.2) is 11.5 Å². The number of amides is 1. The number of benzene rings is 1. The smallest absolute Gasteiger partial charge is 0.252 e. The van der Waals surface area contributed by atoms with E-state index in [1.54, 1.807) is 18.4 Å². The molecule has 1 saturated heterocycles. The molecule has 4 rings (SSSR count). The van der Waals surface area contributed by atoms with Crippen molar-refractivity contribution < 1.29 is 19.0 Å². The molecule has 0 saturated carbocycles. The summed E-state index contributed by atoms with van der Waals surface area (Å²) in [5, 5.41) is 0. The third kappa shape index (κ3) is 3.31. The average Bonchev–Trinajstić information content (AvgIpc) is 3.28. The van der Waals surface area contributed by atoms with Crippen molar-refractivity contribution in [2.45, 2.75) is 32.4 Å². The Morgan fingerprint density at radius 3 is 2.88 bits per heavy atom. The van der Waals surface area contributed by atoms with Crippen LogP contribution in [0.4, 0.5) is 0 Å².